The van der Waals surface area contributed by atoms with Crippen molar-refractivity contribution in [2.24, 2.45) is 5.73 Å². The highest BCUT2D eigenvalue weighted by molar-refractivity contribution is 7.99. The minimum Gasteiger partial charge on any atom is -0.368 e. The third kappa shape index (κ3) is 3.06. The van der Waals surface area contributed by atoms with E-state index < -0.39 is 5.54 Å². The van der Waals surface area contributed by atoms with Gasteiger partial charge in [0.05, 0.1) is 5.54 Å². The quantitative estimate of drug-likeness (QED) is 0.625. The number of amides is 1. The average molecular weight is 299 g/mol. The lowest BCUT2D eigenvalue weighted by molar-refractivity contribution is -0.123. The molecular weight excluding hydrogens is 278 g/mol. The molecule has 1 aliphatic carbocycles. The third-order valence-electron chi connectivity index (χ3n) is 3.68. The maximum atomic E-state index is 11.7. The SMILES string of the molecule is CNC(C)(CC(C)Sc1n[nH]c(=O)n1C1CC1)C(N)=O. The van der Waals surface area contributed by atoms with Crippen molar-refractivity contribution in [2.75, 3.05) is 7.05 Å². The first-order valence-electron chi connectivity index (χ1n) is 6.70. The number of H-pyrrole nitrogens is 1. The van der Waals surface area contributed by atoms with E-state index in [0.717, 1.165) is 12.8 Å². The van der Waals surface area contributed by atoms with Crippen LogP contribution in [0.2, 0.25) is 0 Å². The van der Waals surface area contributed by atoms with Crippen LogP contribution in [0.15, 0.2) is 9.95 Å². The standard InChI is InChI=1S/C12H21N5O2S/c1-7(6-12(2,14-3)9(13)18)20-11-16-15-10(19)17(11)8-4-5-8/h7-8,14H,4-6H2,1-3H3,(H2,13,18)(H,15,19). The van der Waals surface area contributed by atoms with Crippen LogP contribution in [0.1, 0.15) is 39.2 Å². The predicted octanol–water partition coefficient (Wildman–Crippen LogP) is 0.240. The van der Waals surface area contributed by atoms with Crippen molar-refractivity contribution in [2.45, 2.75) is 55.1 Å². The van der Waals surface area contributed by atoms with Crippen molar-refractivity contribution in [1.29, 1.82) is 0 Å². The number of hydrogen-bond acceptors (Lipinski definition) is 5. The largest absolute Gasteiger partial charge is 0.368 e. The van der Waals surface area contributed by atoms with Crippen molar-refractivity contribution in [3.8, 4) is 0 Å². The van der Waals surface area contributed by atoms with Crippen molar-refractivity contribution < 1.29 is 4.79 Å². The Balaban J connectivity index is 2.07. The van der Waals surface area contributed by atoms with Gasteiger partial charge in [0, 0.05) is 11.3 Å². The molecule has 7 nitrogen and oxygen atoms in total. The lowest BCUT2D eigenvalue weighted by atomic mass is 9.95. The van der Waals surface area contributed by atoms with Gasteiger partial charge in [-0.05, 0) is 33.2 Å². The molecule has 1 amide bonds. The summed E-state index contributed by atoms with van der Waals surface area (Å²) in [5.74, 6) is -0.380. The first kappa shape index (κ1) is 15.1. The van der Waals surface area contributed by atoms with E-state index in [1.165, 1.54) is 11.8 Å². The highest BCUT2D eigenvalue weighted by Gasteiger charge is 2.33. The summed E-state index contributed by atoms with van der Waals surface area (Å²) in [5.41, 5.74) is 4.51. The number of likely N-dealkylation sites (N-methyl/N-ethyl adjacent to an activating group) is 1. The smallest absolute Gasteiger partial charge is 0.344 e. The van der Waals surface area contributed by atoms with Gasteiger partial charge in [0.1, 0.15) is 0 Å². The predicted molar refractivity (Wildman–Crippen MR) is 77.7 cm³/mol. The molecule has 8 heteroatoms. The molecule has 2 atom stereocenters. The number of primary amides is 1. The lowest BCUT2D eigenvalue weighted by Gasteiger charge is -2.28. The van der Waals surface area contributed by atoms with Crippen molar-refractivity contribution in [3.05, 3.63) is 10.5 Å². The van der Waals surface area contributed by atoms with Gasteiger partial charge in [-0.3, -0.25) is 9.36 Å². The molecule has 0 spiro atoms. The molecule has 2 unspecified atom stereocenters. The highest BCUT2D eigenvalue weighted by atomic mass is 32.2. The van der Waals surface area contributed by atoms with E-state index in [1.54, 1.807) is 18.5 Å². The molecule has 1 saturated carbocycles. The van der Waals surface area contributed by atoms with Crippen LogP contribution in [0.5, 0.6) is 0 Å². The number of hydrogen-bond donors (Lipinski definition) is 3. The summed E-state index contributed by atoms with van der Waals surface area (Å²) in [6, 6.07) is 0.280. The number of aromatic nitrogens is 3. The van der Waals surface area contributed by atoms with E-state index in [0.29, 0.717) is 11.6 Å². The van der Waals surface area contributed by atoms with Crippen LogP contribution in [0, 0.1) is 0 Å². The van der Waals surface area contributed by atoms with Gasteiger partial charge in [0.25, 0.3) is 0 Å². The summed E-state index contributed by atoms with van der Waals surface area (Å²) >= 11 is 1.49. The van der Waals surface area contributed by atoms with Gasteiger partial charge in [0.2, 0.25) is 5.91 Å². The molecule has 0 bridgehead atoms. The molecule has 1 aromatic heterocycles. The van der Waals surface area contributed by atoms with E-state index in [1.807, 2.05) is 6.92 Å². The monoisotopic (exact) mass is 299 g/mol. The van der Waals surface area contributed by atoms with Crippen molar-refractivity contribution in [3.63, 3.8) is 0 Å². The zero-order valence-corrected chi connectivity index (χ0v) is 12.8. The third-order valence-corrected chi connectivity index (χ3v) is 4.75. The van der Waals surface area contributed by atoms with Gasteiger partial charge in [-0.15, -0.1) is 5.10 Å². The van der Waals surface area contributed by atoms with Gasteiger partial charge in [0.15, 0.2) is 5.16 Å². The van der Waals surface area contributed by atoms with Gasteiger partial charge in [-0.2, -0.15) is 0 Å². The summed E-state index contributed by atoms with van der Waals surface area (Å²) in [7, 11) is 1.72. The van der Waals surface area contributed by atoms with E-state index in [4.69, 9.17) is 5.73 Å². The normalized spacial score (nSPS) is 19.6. The number of nitrogens with zero attached hydrogens (tertiary/aromatic N) is 2. The minimum absolute atomic E-state index is 0.104. The fourth-order valence-corrected chi connectivity index (χ4v) is 3.37. The first-order chi connectivity index (χ1) is 9.37. The van der Waals surface area contributed by atoms with E-state index in [-0.39, 0.29) is 22.9 Å². The molecular formula is C12H21N5O2S. The van der Waals surface area contributed by atoms with Crippen LogP contribution in [0.3, 0.4) is 0 Å². The molecule has 112 valence electrons. The van der Waals surface area contributed by atoms with Crippen LogP contribution in [0.4, 0.5) is 0 Å². The van der Waals surface area contributed by atoms with Crippen LogP contribution in [-0.4, -0.2) is 38.5 Å². The van der Waals surface area contributed by atoms with Crippen molar-refractivity contribution in [1.82, 2.24) is 20.1 Å². The number of rotatable bonds is 7. The maximum absolute atomic E-state index is 11.7. The Morgan fingerprint density at radius 2 is 2.35 bits per heavy atom. The summed E-state index contributed by atoms with van der Waals surface area (Å²) < 4.78 is 1.71. The van der Waals surface area contributed by atoms with Crippen LogP contribution in [0.25, 0.3) is 0 Å². The Morgan fingerprint density at radius 3 is 2.85 bits per heavy atom. The molecule has 0 radical (unpaired) electrons. The molecule has 1 aliphatic rings. The molecule has 1 heterocycles. The van der Waals surface area contributed by atoms with E-state index >= 15 is 0 Å². The molecule has 0 saturated heterocycles. The minimum atomic E-state index is -0.757. The Hall–Kier alpha value is -1.28. The van der Waals surface area contributed by atoms with Gasteiger partial charge in [-0.1, -0.05) is 18.7 Å². The van der Waals surface area contributed by atoms with Gasteiger partial charge >= 0.3 is 5.69 Å². The molecule has 1 fully saturated rings. The van der Waals surface area contributed by atoms with Gasteiger partial charge < -0.3 is 11.1 Å². The Morgan fingerprint density at radius 1 is 1.70 bits per heavy atom. The molecule has 1 aromatic rings. The lowest BCUT2D eigenvalue weighted by Crippen LogP contribution is -2.52. The zero-order valence-electron chi connectivity index (χ0n) is 12.0. The van der Waals surface area contributed by atoms with E-state index in [2.05, 4.69) is 15.5 Å². The first-order valence-corrected chi connectivity index (χ1v) is 7.57. The Kier molecular flexibility index (Phi) is 4.24. The number of carbonyl (C=O) groups excluding carboxylic acids is 1. The summed E-state index contributed by atoms with van der Waals surface area (Å²) in [4.78, 5) is 23.2. The number of thioether (sulfide) groups is 1. The second kappa shape index (κ2) is 5.61. The van der Waals surface area contributed by atoms with Crippen LogP contribution < -0.4 is 16.7 Å². The molecule has 0 aromatic carbocycles. The average Bonchev–Trinajstić information content (AvgIpc) is 3.14. The molecule has 20 heavy (non-hydrogen) atoms. The van der Waals surface area contributed by atoms with Crippen LogP contribution >= 0.6 is 11.8 Å². The summed E-state index contributed by atoms with van der Waals surface area (Å²) in [5, 5.41) is 10.3. The molecule has 0 aliphatic heterocycles. The Bertz CT molecular complexity index is 550. The fourth-order valence-electron chi connectivity index (χ4n) is 2.15. The number of nitrogens with one attached hydrogen (secondary N) is 2. The number of nitrogens with two attached hydrogens (primary N) is 1. The molecule has 4 N–H and O–H groups in total. The van der Waals surface area contributed by atoms with Crippen molar-refractivity contribution >= 4 is 17.7 Å². The van der Waals surface area contributed by atoms with Gasteiger partial charge in [-0.25, -0.2) is 9.89 Å². The zero-order chi connectivity index (χ0) is 14.9. The van der Waals surface area contributed by atoms with E-state index in [9.17, 15) is 9.59 Å². The maximum Gasteiger partial charge on any atom is 0.344 e. The second-order valence-electron chi connectivity index (χ2n) is 5.49. The number of carbonyl (C=O) groups is 1. The number of aromatic amines is 1. The van der Waals surface area contributed by atoms with Crippen LogP contribution in [-0.2, 0) is 4.79 Å². The Labute approximate surface area is 121 Å². The molecule has 2 rings (SSSR count). The fraction of sp³-hybridized carbons (Fsp3) is 0.750. The topological polar surface area (TPSA) is 106 Å². The summed E-state index contributed by atoms with van der Waals surface area (Å²) in [6.07, 6.45) is 2.61. The second-order valence-corrected chi connectivity index (χ2v) is 6.90. The summed E-state index contributed by atoms with van der Waals surface area (Å²) in [6.45, 7) is 3.78. The highest BCUT2D eigenvalue weighted by Crippen LogP contribution is 2.37.